The molecule has 2 N–H and O–H groups in total. The molecule has 0 spiro atoms. The van der Waals surface area contributed by atoms with Crippen molar-refractivity contribution in [3.8, 4) is 0 Å². The predicted octanol–water partition coefficient (Wildman–Crippen LogP) is 4.07. The highest BCUT2D eigenvalue weighted by atomic mass is 16.1. The average molecular weight is 367 g/mol. The van der Waals surface area contributed by atoms with Gasteiger partial charge in [0.2, 0.25) is 0 Å². The Hall–Kier alpha value is -3.50. The van der Waals surface area contributed by atoms with Crippen LogP contribution in [0, 0.1) is 0 Å². The smallest absolute Gasteiger partial charge is 0.261 e. The molecule has 0 atom stereocenters. The molecule has 4 rings (SSSR count). The van der Waals surface area contributed by atoms with Crippen LogP contribution in [-0.2, 0) is 13.1 Å². The van der Waals surface area contributed by atoms with E-state index in [0.717, 1.165) is 16.7 Å². The van der Waals surface area contributed by atoms with Crippen molar-refractivity contribution in [1.82, 2.24) is 9.55 Å². The molecule has 1 heterocycles. The molecule has 1 aromatic heterocycles. The van der Waals surface area contributed by atoms with Gasteiger partial charge in [-0.15, -0.1) is 0 Å². The zero-order valence-electron chi connectivity index (χ0n) is 15.5. The van der Waals surface area contributed by atoms with E-state index < -0.39 is 0 Å². The molecule has 3 aromatic carbocycles. The molecule has 138 valence electrons. The Morgan fingerprint density at radius 1 is 0.857 bits per heavy atom. The molecule has 0 aliphatic heterocycles. The van der Waals surface area contributed by atoms with E-state index in [9.17, 15) is 4.79 Å². The number of hydrogen-bond donors (Lipinski definition) is 1. The van der Waals surface area contributed by atoms with E-state index in [4.69, 9.17) is 10.7 Å². The number of nitrogens with two attached hydrogens (primary N) is 1. The minimum absolute atomic E-state index is 0.0449. The van der Waals surface area contributed by atoms with Gasteiger partial charge < -0.3 is 5.73 Å². The third kappa shape index (κ3) is 3.77. The summed E-state index contributed by atoms with van der Waals surface area (Å²) in [5, 5.41) is 0.620. The van der Waals surface area contributed by atoms with Crippen LogP contribution >= 0.6 is 0 Å². The monoisotopic (exact) mass is 367 g/mol. The summed E-state index contributed by atoms with van der Waals surface area (Å²) in [6, 6.07) is 25.4. The average Bonchev–Trinajstić information content (AvgIpc) is 2.75. The van der Waals surface area contributed by atoms with Crippen LogP contribution in [0.4, 0.5) is 0 Å². The fourth-order valence-corrected chi connectivity index (χ4v) is 3.24. The molecule has 0 unspecified atom stereocenters. The Bertz CT molecular complexity index is 1190. The van der Waals surface area contributed by atoms with Crippen LogP contribution in [0.3, 0.4) is 0 Å². The highest BCUT2D eigenvalue weighted by Gasteiger charge is 2.10. The number of aromatic nitrogens is 2. The Morgan fingerprint density at radius 2 is 1.61 bits per heavy atom. The number of benzene rings is 3. The van der Waals surface area contributed by atoms with Crippen molar-refractivity contribution in [3.63, 3.8) is 0 Å². The molecule has 4 nitrogen and oxygen atoms in total. The third-order valence-electron chi connectivity index (χ3n) is 4.68. The summed E-state index contributed by atoms with van der Waals surface area (Å²) < 4.78 is 1.72. The summed E-state index contributed by atoms with van der Waals surface area (Å²) >= 11 is 0. The highest BCUT2D eigenvalue weighted by Crippen LogP contribution is 2.13. The van der Waals surface area contributed by atoms with Gasteiger partial charge in [0.15, 0.2) is 0 Å². The fourth-order valence-electron chi connectivity index (χ4n) is 3.24. The van der Waals surface area contributed by atoms with Crippen molar-refractivity contribution in [2.45, 2.75) is 13.1 Å². The third-order valence-corrected chi connectivity index (χ3v) is 4.68. The molecule has 4 heteroatoms. The standard InChI is InChI=1S/C24H21N3O/c25-16-19-9-6-10-20(15-19)17-27-23(14-13-18-7-2-1-3-8-18)26-22-12-5-4-11-21(22)24(27)28/h1-15H,16-17,25H2. The fraction of sp³-hybridized carbons (Fsp3) is 0.0833. The number of rotatable bonds is 5. The zero-order valence-corrected chi connectivity index (χ0v) is 15.5. The van der Waals surface area contributed by atoms with Gasteiger partial charge in [-0.05, 0) is 34.9 Å². The topological polar surface area (TPSA) is 60.9 Å². The lowest BCUT2D eigenvalue weighted by molar-refractivity contribution is 0.737. The van der Waals surface area contributed by atoms with E-state index >= 15 is 0 Å². The maximum Gasteiger partial charge on any atom is 0.261 e. The van der Waals surface area contributed by atoms with Gasteiger partial charge in [-0.2, -0.15) is 0 Å². The molecule has 0 saturated carbocycles. The number of fused-ring (bicyclic) bond motifs is 1. The van der Waals surface area contributed by atoms with Crippen LogP contribution in [0.5, 0.6) is 0 Å². The van der Waals surface area contributed by atoms with E-state index in [1.54, 1.807) is 4.57 Å². The maximum atomic E-state index is 13.2. The molecule has 0 amide bonds. The van der Waals surface area contributed by atoms with Gasteiger partial charge >= 0.3 is 0 Å². The minimum atomic E-state index is -0.0449. The molecule has 0 radical (unpaired) electrons. The van der Waals surface area contributed by atoms with E-state index in [-0.39, 0.29) is 5.56 Å². The first-order valence-electron chi connectivity index (χ1n) is 9.25. The zero-order chi connectivity index (χ0) is 19.3. The first kappa shape index (κ1) is 17.9. The minimum Gasteiger partial charge on any atom is -0.326 e. The van der Waals surface area contributed by atoms with Crippen molar-refractivity contribution in [1.29, 1.82) is 0 Å². The van der Waals surface area contributed by atoms with Crippen molar-refractivity contribution in [2.75, 3.05) is 0 Å². The largest absolute Gasteiger partial charge is 0.326 e. The van der Waals surface area contributed by atoms with Crippen molar-refractivity contribution in [3.05, 3.63) is 112 Å². The summed E-state index contributed by atoms with van der Waals surface area (Å²) in [6.07, 6.45) is 3.87. The van der Waals surface area contributed by atoms with Gasteiger partial charge in [0.25, 0.3) is 5.56 Å². The van der Waals surface area contributed by atoms with E-state index in [1.165, 1.54) is 0 Å². The van der Waals surface area contributed by atoms with Gasteiger partial charge in [-0.3, -0.25) is 9.36 Å². The summed E-state index contributed by atoms with van der Waals surface area (Å²) in [5.74, 6) is 0.630. The lowest BCUT2D eigenvalue weighted by atomic mass is 10.1. The van der Waals surface area contributed by atoms with Crippen LogP contribution in [0.25, 0.3) is 23.1 Å². The summed E-state index contributed by atoms with van der Waals surface area (Å²) in [5.41, 5.74) is 9.55. The van der Waals surface area contributed by atoms with Crippen LogP contribution in [0.15, 0.2) is 83.7 Å². The number of nitrogens with zero attached hydrogens (tertiary/aromatic N) is 2. The lowest BCUT2D eigenvalue weighted by Crippen LogP contribution is -2.24. The van der Waals surface area contributed by atoms with Gasteiger partial charge in [0.1, 0.15) is 5.82 Å². The first-order valence-corrected chi connectivity index (χ1v) is 9.25. The maximum absolute atomic E-state index is 13.2. The molecule has 0 aliphatic carbocycles. The quantitative estimate of drug-likeness (QED) is 0.578. The SMILES string of the molecule is NCc1cccc(Cn2c(C=Cc3ccccc3)nc3ccccc3c2=O)c1. The Labute approximate surface area is 163 Å². The molecule has 0 fully saturated rings. The molecular weight excluding hydrogens is 346 g/mol. The van der Waals surface area contributed by atoms with Crippen LogP contribution in [0.1, 0.15) is 22.5 Å². The normalized spacial score (nSPS) is 11.3. The van der Waals surface area contributed by atoms with Crippen LogP contribution < -0.4 is 11.3 Å². The van der Waals surface area contributed by atoms with Crippen molar-refractivity contribution in [2.24, 2.45) is 5.73 Å². The van der Waals surface area contributed by atoms with Crippen molar-refractivity contribution < 1.29 is 0 Å². The molecule has 28 heavy (non-hydrogen) atoms. The van der Waals surface area contributed by atoms with Gasteiger partial charge in [-0.25, -0.2) is 4.98 Å². The second-order valence-electron chi connectivity index (χ2n) is 6.65. The van der Waals surface area contributed by atoms with Gasteiger partial charge in [0.05, 0.1) is 17.4 Å². The summed E-state index contributed by atoms with van der Waals surface area (Å²) in [6.45, 7) is 0.915. The van der Waals surface area contributed by atoms with Crippen LogP contribution in [0.2, 0.25) is 0 Å². The second kappa shape index (κ2) is 8.03. The van der Waals surface area contributed by atoms with E-state index in [0.29, 0.717) is 29.8 Å². The van der Waals surface area contributed by atoms with E-state index in [1.807, 2.05) is 91.0 Å². The first-order chi connectivity index (χ1) is 13.7. The second-order valence-corrected chi connectivity index (χ2v) is 6.65. The van der Waals surface area contributed by atoms with Crippen molar-refractivity contribution >= 4 is 23.1 Å². The predicted molar refractivity (Wildman–Crippen MR) is 115 cm³/mol. The molecule has 0 bridgehead atoms. The molecule has 0 saturated heterocycles. The number of para-hydroxylation sites is 1. The van der Waals surface area contributed by atoms with Gasteiger partial charge in [-0.1, -0.05) is 72.8 Å². The lowest BCUT2D eigenvalue weighted by Gasteiger charge is -2.12. The summed E-state index contributed by atoms with van der Waals surface area (Å²) in [7, 11) is 0. The van der Waals surface area contributed by atoms with Gasteiger partial charge in [0, 0.05) is 6.54 Å². The molecular formula is C24H21N3O. The Morgan fingerprint density at radius 3 is 2.43 bits per heavy atom. The number of hydrogen-bond acceptors (Lipinski definition) is 3. The Kier molecular flexibility index (Phi) is 5.13. The van der Waals surface area contributed by atoms with Crippen LogP contribution in [-0.4, -0.2) is 9.55 Å². The molecule has 4 aromatic rings. The Balaban J connectivity index is 1.83. The van der Waals surface area contributed by atoms with E-state index in [2.05, 4.69) is 0 Å². The molecule has 0 aliphatic rings. The summed E-state index contributed by atoms with van der Waals surface area (Å²) in [4.78, 5) is 17.9. The highest BCUT2D eigenvalue weighted by molar-refractivity contribution is 5.79.